The van der Waals surface area contributed by atoms with Crippen LogP contribution in [0.25, 0.3) is 11.0 Å². The summed E-state index contributed by atoms with van der Waals surface area (Å²) in [5.74, 6) is -1.26. The molecule has 1 heterocycles. The second-order valence-electron chi connectivity index (χ2n) is 6.23. The Morgan fingerprint density at radius 1 is 0.906 bits per heavy atom. The Labute approximate surface area is 185 Å². The molecule has 3 rings (SSSR count). The lowest BCUT2D eigenvalue weighted by atomic mass is 10.1. The first-order chi connectivity index (χ1) is 15.2. The van der Waals surface area contributed by atoms with Crippen LogP contribution in [0.2, 0.25) is 0 Å². The molecule has 170 valence electrons. The number of phenolic OH excluding ortho intramolecular Hbond substituents is 1. The zero-order valence-corrected chi connectivity index (χ0v) is 18.4. The van der Waals surface area contributed by atoms with Gasteiger partial charge in [-0.1, -0.05) is 24.3 Å². The molecule has 0 saturated carbocycles. The molecule has 8 heteroatoms. The number of aromatic hydroxyl groups is 1. The van der Waals surface area contributed by atoms with Crippen molar-refractivity contribution in [3.63, 3.8) is 0 Å². The number of aryl methyl sites for hydroxylation is 1. The minimum absolute atomic E-state index is 0.0225. The summed E-state index contributed by atoms with van der Waals surface area (Å²) in [6.07, 6.45) is 0. The Morgan fingerprint density at radius 2 is 1.44 bits per heavy atom. The van der Waals surface area contributed by atoms with Crippen molar-refractivity contribution in [3.8, 4) is 5.75 Å². The second-order valence-corrected chi connectivity index (χ2v) is 6.23. The Hall–Kier alpha value is -3.94. The molecular formula is C24H26O8. The lowest BCUT2D eigenvalue weighted by Gasteiger charge is -1.99. The van der Waals surface area contributed by atoms with E-state index in [9.17, 15) is 19.2 Å². The van der Waals surface area contributed by atoms with E-state index in [0.29, 0.717) is 22.3 Å². The van der Waals surface area contributed by atoms with Crippen LogP contribution in [0.4, 0.5) is 0 Å². The summed E-state index contributed by atoms with van der Waals surface area (Å²) in [6, 6.07) is 15.2. The van der Waals surface area contributed by atoms with Gasteiger partial charge in [-0.25, -0.2) is 9.59 Å². The summed E-state index contributed by atoms with van der Waals surface area (Å²) in [4.78, 5) is 42.9. The summed E-state index contributed by atoms with van der Waals surface area (Å²) in [6.45, 7) is 6.83. The van der Waals surface area contributed by atoms with Gasteiger partial charge in [-0.2, -0.15) is 0 Å². The molecule has 0 atom stereocenters. The SMILES string of the molecule is CC(=O)c1ccccc1O.CCOC(=O)C(=O)OCC.Cc1cc(=O)c2ccccc2o1. The number of para-hydroxylation sites is 2. The molecule has 32 heavy (non-hydrogen) atoms. The smallest absolute Gasteiger partial charge is 0.417 e. The van der Waals surface area contributed by atoms with Gasteiger partial charge in [-0.15, -0.1) is 0 Å². The largest absolute Gasteiger partial charge is 0.507 e. The number of phenols is 1. The standard InChI is InChI=1S/C10H8O2.C8H8O2.C6H10O4/c1-7-6-9(11)8-4-2-3-5-10(8)12-7;1-6(9)7-4-2-3-5-8(7)10;1-3-9-5(7)6(8)10-4-2/h2-6H,1H3;2-5,10H,1H3;3-4H2,1-2H3. The van der Waals surface area contributed by atoms with Crippen molar-refractivity contribution in [2.75, 3.05) is 13.2 Å². The molecule has 3 aromatic rings. The molecule has 0 saturated heterocycles. The van der Waals surface area contributed by atoms with Crippen molar-refractivity contribution < 1.29 is 33.4 Å². The van der Waals surface area contributed by atoms with Crippen LogP contribution in [0.15, 0.2) is 63.8 Å². The van der Waals surface area contributed by atoms with Gasteiger partial charge in [-0.3, -0.25) is 9.59 Å². The Kier molecular flexibility index (Phi) is 10.9. The Balaban J connectivity index is 0.000000242. The number of hydrogen-bond donors (Lipinski definition) is 1. The molecule has 0 aliphatic rings. The number of carbonyl (C=O) groups excluding carboxylic acids is 3. The van der Waals surface area contributed by atoms with Crippen molar-refractivity contribution >= 4 is 28.7 Å². The molecule has 8 nitrogen and oxygen atoms in total. The summed E-state index contributed by atoms with van der Waals surface area (Å²) in [7, 11) is 0. The average Bonchev–Trinajstić information content (AvgIpc) is 2.75. The van der Waals surface area contributed by atoms with Crippen molar-refractivity contribution in [3.05, 3.63) is 76.1 Å². The van der Waals surface area contributed by atoms with E-state index in [1.807, 2.05) is 12.1 Å². The first-order valence-corrected chi connectivity index (χ1v) is 9.83. The van der Waals surface area contributed by atoms with E-state index in [1.54, 1.807) is 51.1 Å². The van der Waals surface area contributed by atoms with E-state index < -0.39 is 11.9 Å². The Bertz CT molecular complexity index is 1100. The average molecular weight is 442 g/mol. The van der Waals surface area contributed by atoms with Gasteiger partial charge in [0.15, 0.2) is 11.2 Å². The normalized spacial score (nSPS) is 9.50. The van der Waals surface area contributed by atoms with Gasteiger partial charge >= 0.3 is 11.9 Å². The summed E-state index contributed by atoms with van der Waals surface area (Å²) < 4.78 is 14.0. The zero-order chi connectivity index (χ0) is 24.1. The van der Waals surface area contributed by atoms with Crippen LogP contribution in [-0.2, 0) is 19.1 Å². The van der Waals surface area contributed by atoms with E-state index in [-0.39, 0.29) is 30.2 Å². The number of ketones is 1. The van der Waals surface area contributed by atoms with E-state index in [2.05, 4.69) is 9.47 Å². The number of Topliss-reactive ketones (excluding diaryl/α,β-unsaturated/α-hetero) is 1. The van der Waals surface area contributed by atoms with Crippen LogP contribution in [-0.4, -0.2) is 36.0 Å². The van der Waals surface area contributed by atoms with Gasteiger partial charge in [-0.05, 0) is 52.0 Å². The van der Waals surface area contributed by atoms with Crippen molar-refractivity contribution in [1.82, 2.24) is 0 Å². The van der Waals surface area contributed by atoms with Gasteiger partial charge < -0.3 is 19.0 Å². The lowest BCUT2D eigenvalue weighted by molar-refractivity contribution is -0.167. The fraction of sp³-hybridized carbons (Fsp3) is 0.250. The lowest BCUT2D eigenvalue weighted by Crippen LogP contribution is -2.19. The minimum atomic E-state index is -0.927. The number of esters is 2. The molecule has 0 aliphatic heterocycles. The topological polar surface area (TPSA) is 120 Å². The van der Waals surface area contributed by atoms with Crippen LogP contribution >= 0.6 is 0 Å². The Morgan fingerprint density at radius 3 is 1.94 bits per heavy atom. The molecule has 0 spiro atoms. The first kappa shape index (κ1) is 26.1. The molecule has 0 bridgehead atoms. The van der Waals surface area contributed by atoms with E-state index >= 15 is 0 Å². The molecule has 0 aliphatic carbocycles. The van der Waals surface area contributed by atoms with Gasteiger partial charge in [0, 0.05) is 6.07 Å². The summed E-state index contributed by atoms with van der Waals surface area (Å²) in [5.41, 5.74) is 1.05. The molecule has 0 amide bonds. The van der Waals surface area contributed by atoms with Crippen LogP contribution in [0.1, 0.15) is 36.9 Å². The molecule has 0 radical (unpaired) electrons. The predicted molar refractivity (Wildman–Crippen MR) is 119 cm³/mol. The second kappa shape index (κ2) is 13.4. The third-order valence-electron chi connectivity index (χ3n) is 3.76. The number of fused-ring (bicyclic) bond motifs is 1. The number of hydrogen-bond acceptors (Lipinski definition) is 8. The number of rotatable bonds is 3. The molecule has 1 aromatic heterocycles. The highest BCUT2D eigenvalue weighted by Crippen LogP contribution is 2.15. The van der Waals surface area contributed by atoms with E-state index in [1.165, 1.54) is 19.1 Å². The predicted octanol–water partition coefficient (Wildman–Crippen LogP) is 3.81. The number of ether oxygens (including phenoxy) is 2. The maximum atomic E-state index is 11.3. The molecule has 2 aromatic carbocycles. The number of carbonyl (C=O) groups is 3. The van der Waals surface area contributed by atoms with Crippen LogP contribution in [0, 0.1) is 6.92 Å². The van der Waals surface area contributed by atoms with E-state index in [4.69, 9.17) is 9.52 Å². The zero-order valence-electron chi connectivity index (χ0n) is 18.4. The van der Waals surface area contributed by atoms with Gasteiger partial charge in [0.05, 0.1) is 24.2 Å². The summed E-state index contributed by atoms with van der Waals surface area (Å²) in [5, 5.41) is 9.70. The molecule has 1 N–H and O–H groups in total. The highest BCUT2D eigenvalue weighted by atomic mass is 16.6. The maximum Gasteiger partial charge on any atom is 0.417 e. The van der Waals surface area contributed by atoms with Crippen molar-refractivity contribution in [2.24, 2.45) is 0 Å². The van der Waals surface area contributed by atoms with Gasteiger partial charge in [0.1, 0.15) is 17.1 Å². The molecule has 0 unspecified atom stereocenters. The fourth-order valence-corrected chi connectivity index (χ4v) is 2.38. The van der Waals surface area contributed by atoms with Crippen LogP contribution < -0.4 is 5.43 Å². The third-order valence-corrected chi connectivity index (χ3v) is 3.76. The monoisotopic (exact) mass is 442 g/mol. The van der Waals surface area contributed by atoms with Crippen molar-refractivity contribution in [1.29, 1.82) is 0 Å². The molecule has 0 fully saturated rings. The van der Waals surface area contributed by atoms with Crippen LogP contribution in [0.3, 0.4) is 0 Å². The molecular weight excluding hydrogens is 416 g/mol. The van der Waals surface area contributed by atoms with Gasteiger partial charge in [0.25, 0.3) is 0 Å². The highest BCUT2D eigenvalue weighted by molar-refractivity contribution is 6.29. The van der Waals surface area contributed by atoms with Gasteiger partial charge in [0.2, 0.25) is 0 Å². The first-order valence-electron chi connectivity index (χ1n) is 9.83. The fourth-order valence-electron chi connectivity index (χ4n) is 2.38. The number of benzene rings is 2. The van der Waals surface area contributed by atoms with E-state index in [0.717, 1.165) is 0 Å². The minimum Gasteiger partial charge on any atom is -0.507 e. The third kappa shape index (κ3) is 8.43. The quantitative estimate of drug-likeness (QED) is 0.369. The van der Waals surface area contributed by atoms with Crippen LogP contribution in [0.5, 0.6) is 5.75 Å². The summed E-state index contributed by atoms with van der Waals surface area (Å²) >= 11 is 0. The maximum absolute atomic E-state index is 11.3. The highest BCUT2D eigenvalue weighted by Gasteiger charge is 2.14. The van der Waals surface area contributed by atoms with Crippen molar-refractivity contribution in [2.45, 2.75) is 27.7 Å².